The monoisotopic (exact) mass is 308 g/mol. The molecule has 0 aliphatic carbocycles. The number of anilines is 1. The minimum atomic E-state index is 0.134. The van der Waals surface area contributed by atoms with Crippen molar-refractivity contribution in [2.24, 2.45) is 11.8 Å². The summed E-state index contributed by atoms with van der Waals surface area (Å²) in [5.41, 5.74) is 1.92. The van der Waals surface area contributed by atoms with E-state index < -0.39 is 0 Å². The molecule has 0 unspecified atom stereocenters. The molecule has 2 saturated heterocycles. The molecule has 2 aliphatic heterocycles. The minimum absolute atomic E-state index is 0.134. The molecule has 0 bridgehead atoms. The van der Waals surface area contributed by atoms with E-state index in [1.54, 1.807) is 30.7 Å². The third kappa shape index (κ3) is 2.79. The molecule has 118 valence electrons. The van der Waals surface area contributed by atoms with Gasteiger partial charge in [-0.1, -0.05) is 0 Å². The fourth-order valence-electron chi connectivity index (χ4n) is 3.79. The minimum Gasteiger partial charge on any atom is -0.370 e. The molecule has 0 aromatic carbocycles. The maximum atomic E-state index is 12.6. The first-order valence-electron chi connectivity index (χ1n) is 8.15. The molecule has 0 saturated carbocycles. The van der Waals surface area contributed by atoms with Gasteiger partial charge in [0.1, 0.15) is 0 Å². The molecule has 2 atom stereocenters. The van der Waals surface area contributed by atoms with Gasteiger partial charge in [-0.2, -0.15) is 0 Å². The van der Waals surface area contributed by atoms with Crippen molar-refractivity contribution in [3.63, 3.8) is 0 Å². The van der Waals surface area contributed by atoms with Gasteiger partial charge < -0.3 is 9.80 Å². The average molecular weight is 308 g/mol. The highest BCUT2D eigenvalue weighted by molar-refractivity contribution is 5.94. The number of carbonyl (C=O) groups excluding carboxylic acids is 1. The van der Waals surface area contributed by atoms with E-state index in [4.69, 9.17) is 0 Å². The molecule has 0 radical (unpaired) electrons. The second-order valence-electron chi connectivity index (χ2n) is 6.41. The highest BCUT2D eigenvalue weighted by Gasteiger charge is 2.39. The summed E-state index contributed by atoms with van der Waals surface area (Å²) >= 11 is 0. The topological polar surface area (TPSA) is 49.3 Å². The average Bonchev–Trinajstić information content (AvgIpc) is 3.06. The second kappa shape index (κ2) is 5.99. The van der Waals surface area contributed by atoms with Crippen molar-refractivity contribution in [3.05, 3.63) is 54.6 Å². The lowest BCUT2D eigenvalue weighted by Crippen LogP contribution is -2.40. The molecule has 4 rings (SSSR count). The van der Waals surface area contributed by atoms with Gasteiger partial charge in [-0.25, -0.2) is 0 Å². The quantitative estimate of drug-likeness (QED) is 0.852. The smallest absolute Gasteiger partial charge is 0.253 e. The summed E-state index contributed by atoms with van der Waals surface area (Å²) in [6.07, 6.45) is 8.23. The van der Waals surface area contributed by atoms with Crippen molar-refractivity contribution < 1.29 is 4.79 Å². The Morgan fingerprint density at radius 3 is 2.61 bits per heavy atom. The van der Waals surface area contributed by atoms with E-state index in [0.29, 0.717) is 11.8 Å². The molecule has 1 amide bonds. The molecule has 5 heteroatoms. The maximum Gasteiger partial charge on any atom is 0.253 e. The summed E-state index contributed by atoms with van der Waals surface area (Å²) in [6.45, 7) is 3.79. The van der Waals surface area contributed by atoms with Crippen molar-refractivity contribution in [2.75, 3.05) is 31.1 Å². The standard InChI is InChI=1S/C18H20N4O/c23-18(14-3-7-19-8-4-14)22-11-15-5-9-21(12-16(15)13-22)17-2-1-6-20-10-17/h1-4,6-8,10,15-16H,5,9,11-13H2/t15-,16+/m0/s1. The molecule has 2 aromatic heterocycles. The lowest BCUT2D eigenvalue weighted by Gasteiger charge is -2.35. The third-order valence-corrected chi connectivity index (χ3v) is 5.03. The number of piperidine rings is 1. The van der Waals surface area contributed by atoms with Crippen LogP contribution in [0.1, 0.15) is 16.8 Å². The maximum absolute atomic E-state index is 12.6. The van der Waals surface area contributed by atoms with Crippen LogP contribution in [-0.2, 0) is 0 Å². The van der Waals surface area contributed by atoms with Crippen LogP contribution in [0.4, 0.5) is 5.69 Å². The molecule has 0 N–H and O–H groups in total. The van der Waals surface area contributed by atoms with Crippen LogP contribution in [0.5, 0.6) is 0 Å². The number of hydrogen-bond acceptors (Lipinski definition) is 4. The number of likely N-dealkylation sites (tertiary alicyclic amines) is 1. The molecule has 23 heavy (non-hydrogen) atoms. The number of aromatic nitrogens is 2. The lowest BCUT2D eigenvalue weighted by molar-refractivity contribution is 0.0784. The van der Waals surface area contributed by atoms with Crippen LogP contribution < -0.4 is 4.90 Å². The lowest BCUT2D eigenvalue weighted by atomic mass is 9.88. The Balaban J connectivity index is 1.45. The van der Waals surface area contributed by atoms with Crippen molar-refractivity contribution in [1.29, 1.82) is 0 Å². The summed E-state index contributed by atoms with van der Waals surface area (Å²) in [5, 5.41) is 0. The highest BCUT2D eigenvalue weighted by atomic mass is 16.2. The zero-order valence-corrected chi connectivity index (χ0v) is 13.0. The van der Waals surface area contributed by atoms with E-state index in [9.17, 15) is 4.79 Å². The van der Waals surface area contributed by atoms with Crippen LogP contribution in [0.3, 0.4) is 0 Å². The first-order valence-corrected chi connectivity index (χ1v) is 8.15. The zero-order chi connectivity index (χ0) is 15.6. The van der Waals surface area contributed by atoms with Gasteiger partial charge in [-0.05, 0) is 42.5 Å². The van der Waals surface area contributed by atoms with Gasteiger partial charge in [0.05, 0.1) is 11.9 Å². The number of rotatable bonds is 2. The molecular weight excluding hydrogens is 288 g/mol. The number of pyridine rings is 2. The fourth-order valence-corrected chi connectivity index (χ4v) is 3.79. The number of fused-ring (bicyclic) bond motifs is 1. The Bertz CT molecular complexity index is 676. The van der Waals surface area contributed by atoms with Crippen LogP contribution in [0, 0.1) is 11.8 Å². The summed E-state index contributed by atoms with van der Waals surface area (Å²) in [5.74, 6) is 1.30. The predicted octanol–water partition coefficient (Wildman–Crippen LogP) is 2.08. The van der Waals surface area contributed by atoms with E-state index in [-0.39, 0.29) is 5.91 Å². The van der Waals surface area contributed by atoms with Crippen molar-refractivity contribution in [2.45, 2.75) is 6.42 Å². The van der Waals surface area contributed by atoms with Crippen LogP contribution in [0.25, 0.3) is 0 Å². The van der Waals surface area contributed by atoms with Crippen LogP contribution in [0.2, 0.25) is 0 Å². The first-order chi connectivity index (χ1) is 11.3. The Labute approximate surface area is 136 Å². The normalized spacial score (nSPS) is 23.7. The SMILES string of the molecule is O=C(c1ccncc1)N1C[C@@H]2CCN(c3cccnc3)C[C@@H]2C1. The summed E-state index contributed by atoms with van der Waals surface area (Å²) in [6, 6.07) is 7.69. The Hall–Kier alpha value is -2.43. The van der Waals surface area contributed by atoms with E-state index in [2.05, 4.69) is 20.9 Å². The van der Waals surface area contributed by atoms with Gasteiger partial charge in [-0.15, -0.1) is 0 Å². The van der Waals surface area contributed by atoms with Crippen LogP contribution in [-0.4, -0.2) is 47.0 Å². The third-order valence-electron chi connectivity index (χ3n) is 5.03. The van der Waals surface area contributed by atoms with Crippen molar-refractivity contribution in [3.8, 4) is 0 Å². The molecule has 2 aromatic rings. The van der Waals surface area contributed by atoms with Gasteiger partial charge >= 0.3 is 0 Å². The Morgan fingerprint density at radius 2 is 1.83 bits per heavy atom. The number of amides is 1. The van der Waals surface area contributed by atoms with Crippen molar-refractivity contribution >= 4 is 11.6 Å². The van der Waals surface area contributed by atoms with Gasteiger partial charge in [0.15, 0.2) is 0 Å². The Kier molecular flexibility index (Phi) is 3.69. The number of nitrogens with zero attached hydrogens (tertiary/aromatic N) is 4. The summed E-state index contributed by atoms with van der Waals surface area (Å²) in [7, 11) is 0. The molecule has 4 heterocycles. The molecule has 2 aliphatic rings. The van der Waals surface area contributed by atoms with Gasteiger partial charge in [0, 0.05) is 50.3 Å². The largest absolute Gasteiger partial charge is 0.370 e. The predicted molar refractivity (Wildman–Crippen MR) is 88.2 cm³/mol. The van der Waals surface area contributed by atoms with E-state index >= 15 is 0 Å². The molecule has 2 fully saturated rings. The summed E-state index contributed by atoms with van der Waals surface area (Å²) in [4.78, 5) is 25.2. The highest BCUT2D eigenvalue weighted by Crippen LogP contribution is 2.33. The van der Waals surface area contributed by atoms with Crippen LogP contribution in [0.15, 0.2) is 49.1 Å². The van der Waals surface area contributed by atoms with Gasteiger partial charge in [0.2, 0.25) is 0 Å². The van der Waals surface area contributed by atoms with E-state index in [1.807, 2.05) is 17.2 Å². The van der Waals surface area contributed by atoms with Crippen molar-refractivity contribution in [1.82, 2.24) is 14.9 Å². The fraction of sp³-hybridized carbons (Fsp3) is 0.389. The molecule has 0 spiro atoms. The van der Waals surface area contributed by atoms with E-state index in [1.165, 1.54) is 5.69 Å². The number of hydrogen-bond donors (Lipinski definition) is 0. The second-order valence-corrected chi connectivity index (χ2v) is 6.41. The number of carbonyl (C=O) groups is 1. The molecular formula is C18H20N4O. The molecule has 5 nitrogen and oxygen atoms in total. The van der Waals surface area contributed by atoms with Gasteiger partial charge in [0.25, 0.3) is 5.91 Å². The zero-order valence-electron chi connectivity index (χ0n) is 13.0. The van der Waals surface area contributed by atoms with Crippen LogP contribution >= 0.6 is 0 Å². The summed E-state index contributed by atoms with van der Waals surface area (Å²) < 4.78 is 0. The van der Waals surface area contributed by atoms with E-state index in [0.717, 1.165) is 38.2 Å². The first kappa shape index (κ1) is 14.2. The Morgan fingerprint density at radius 1 is 1.00 bits per heavy atom. The van der Waals surface area contributed by atoms with Gasteiger partial charge in [-0.3, -0.25) is 14.8 Å².